The molecule has 0 saturated carbocycles. The Labute approximate surface area is 190 Å². The van der Waals surface area contributed by atoms with Crippen molar-refractivity contribution in [1.29, 1.82) is 0 Å². The fourth-order valence-electron chi connectivity index (χ4n) is 2.66. The van der Waals surface area contributed by atoms with Gasteiger partial charge in [-0.15, -0.1) is 0 Å². The summed E-state index contributed by atoms with van der Waals surface area (Å²) >= 11 is 8.48. The first-order valence-electron chi connectivity index (χ1n) is 9.86. The first-order chi connectivity index (χ1) is 14.5. The molecule has 0 fully saturated rings. The summed E-state index contributed by atoms with van der Waals surface area (Å²) in [5, 5.41) is 2.57. The van der Waals surface area contributed by atoms with Gasteiger partial charge < -0.3 is 4.74 Å². The van der Waals surface area contributed by atoms with Crippen molar-refractivity contribution in [2.45, 2.75) is 39.0 Å². The molecule has 0 radical (unpaired) electrons. The van der Waals surface area contributed by atoms with Crippen molar-refractivity contribution in [2.24, 2.45) is 0 Å². The van der Waals surface area contributed by atoms with Crippen LogP contribution in [0.3, 0.4) is 0 Å². The zero-order chi connectivity index (χ0) is 21.8. The van der Waals surface area contributed by atoms with E-state index in [0.29, 0.717) is 24.3 Å². The van der Waals surface area contributed by atoms with Crippen LogP contribution in [-0.2, 0) is 11.2 Å². The van der Waals surface area contributed by atoms with Crippen molar-refractivity contribution in [3.05, 3.63) is 64.1 Å². The maximum atomic E-state index is 12.7. The maximum absolute atomic E-state index is 12.7. The van der Waals surface area contributed by atoms with Crippen LogP contribution < -0.4 is 20.9 Å². The molecule has 0 heterocycles. The predicted octanol–water partition coefficient (Wildman–Crippen LogP) is 4.29. The van der Waals surface area contributed by atoms with Gasteiger partial charge in [-0.3, -0.25) is 25.8 Å². The van der Waals surface area contributed by atoms with Crippen molar-refractivity contribution in [3.63, 3.8) is 0 Å². The number of thiocarbonyl (C=S) groups is 1. The lowest BCUT2D eigenvalue weighted by atomic mass is 10.1. The van der Waals surface area contributed by atoms with E-state index < -0.39 is 5.91 Å². The Kier molecular flexibility index (Phi) is 10.3. The lowest BCUT2D eigenvalue weighted by Gasteiger charge is -2.14. The molecule has 3 N–H and O–H groups in total. The monoisotopic (exact) mass is 491 g/mol. The molecule has 2 aromatic carbocycles. The number of benzene rings is 2. The molecule has 0 aliphatic carbocycles. The number of nitrogens with one attached hydrogen (secondary N) is 3. The quantitative estimate of drug-likeness (QED) is 0.277. The lowest BCUT2D eigenvalue weighted by Crippen LogP contribution is -2.48. The summed E-state index contributed by atoms with van der Waals surface area (Å²) in [6.45, 7) is 2.50. The SMILES string of the molecule is CCCCCC(=O)NNC(=S)NC(=O)c1cc(Br)ccc1OCCc1ccccc1. The standard InChI is InChI=1S/C22H26BrN3O3S/c1-2-3-5-10-20(27)25-26-22(30)24-21(28)18-15-17(23)11-12-19(18)29-14-13-16-8-6-4-7-9-16/h4,6-9,11-12,15H,2-3,5,10,13-14H2,1H3,(H,25,27)(H2,24,26,28,30). The fraction of sp³-hybridized carbons (Fsp3) is 0.318. The molecule has 2 aromatic rings. The average Bonchev–Trinajstić information content (AvgIpc) is 2.74. The summed E-state index contributed by atoms with van der Waals surface area (Å²) in [4.78, 5) is 24.4. The van der Waals surface area contributed by atoms with Gasteiger partial charge in [-0.2, -0.15) is 0 Å². The molecule has 0 atom stereocenters. The Balaban J connectivity index is 1.88. The van der Waals surface area contributed by atoms with Gasteiger partial charge in [0.2, 0.25) is 5.91 Å². The lowest BCUT2D eigenvalue weighted by molar-refractivity contribution is -0.121. The largest absolute Gasteiger partial charge is 0.492 e. The van der Waals surface area contributed by atoms with Crippen molar-refractivity contribution in [3.8, 4) is 5.75 Å². The van der Waals surface area contributed by atoms with Crippen LogP contribution in [0.5, 0.6) is 5.75 Å². The van der Waals surface area contributed by atoms with Gasteiger partial charge in [0, 0.05) is 17.3 Å². The minimum absolute atomic E-state index is 0.0130. The van der Waals surface area contributed by atoms with Gasteiger partial charge in [-0.25, -0.2) is 0 Å². The number of hydrogen-bond donors (Lipinski definition) is 3. The molecule has 0 unspecified atom stereocenters. The number of hydrogen-bond acceptors (Lipinski definition) is 4. The van der Waals surface area contributed by atoms with Gasteiger partial charge in [-0.1, -0.05) is 66.0 Å². The molecule has 0 bridgehead atoms. The molecule has 0 aliphatic heterocycles. The van der Waals surface area contributed by atoms with Crippen molar-refractivity contribution >= 4 is 45.1 Å². The van der Waals surface area contributed by atoms with Gasteiger partial charge in [0.05, 0.1) is 12.2 Å². The summed E-state index contributed by atoms with van der Waals surface area (Å²) in [5.41, 5.74) is 6.54. The predicted molar refractivity (Wildman–Crippen MR) is 125 cm³/mol. The van der Waals surface area contributed by atoms with E-state index in [-0.39, 0.29) is 11.0 Å². The fourth-order valence-corrected chi connectivity index (χ4v) is 3.16. The van der Waals surface area contributed by atoms with Crippen LogP contribution in [0.2, 0.25) is 0 Å². The smallest absolute Gasteiger partial charge is 0.261 e. The van der Waals surface area contributed by atoms with Gasteiger partial charge in [0.25, 0.3) is 5.91 Å². The molecule has 2 amide bonds. The van der Waals surface area contributed by atoms with Gasteiger partial charge in [-0.05, 0) is 42.4 Å². The number of hydrazine groups is 1. The van der Waals surface area contributed by atoms with E-state index in [0.717, 1.165) is 35.7 Å². The molecule has 6 nitrogen and oxygen atoms in total. The number of amides is 2. The maximum Gasteiger partial charge on any atom is 0.261 e. The number of carbonyl (C=O) groups is 2. The third-order valence-corrected chi connectivity index (χ3v) is 4.92. The van der Waals surface area contributed by atoms with E-state index in [1.54, 1.807) is 12.1 Å². The molecule has 30 heavy (non-hydrogen) atoms. The van der Waals surface area contributed by atoms with Crippen molar-refractivity contribution < 1.29 is 14.3 Å². The number of carbonyl (C=O) groups excluding carboxylic acids is 2. The van der Waals surface area contributed by atoms with Crippen LogP contribution in [0.1, 0.15) is 48.5 Å². The third-order valence-electron chi connectivity index (χ3n) is 4.23. The van der Waals surface area contributed by atoms with Gasteiger partial charge in [0.15, 0.2) is 5.11 Å². The molecule has 2 rings (SSSR count). The van der Waals surface area contributed by atoms with E-state index in [4.69, 9.17) is 17.0 Å². The molecule has 0 spiro atoms. The van der Waals surface area contributed by atoms with Gasteiger partial charge >= 0.3 is 0 Å². The Morgan fingerprint density at radius 2 is 1.83 bits per heavy atom. The minimum atomic E-state index is -0.427. The number of ether oxygens (including phenoxy) is 1. The third kappa shape index (κ3) is 8.51. The van der Waals surface area contributed by atoms with Crippen LogP contribution in [0.15, 0.2) is 53.0 Å². The zero-order valence-corrected chi connectivity index (χ0v) is 19.3. The van der Waals surface area contributed by atoms with Gasteiger partial charge in [0.1, 0.15) is 5.75 Å². The topological polar surface area (TPSA) is 79.5 Å². The minimum Gasteiger partial charge on any atom is -0.492 e. The summed E-state index contributed by atoms with van der Waals surface area (Å²) in [6, 6.07) is 15.2. The summed E-state index contributed by atoms with van der Waals surface area (Å²) in [5.74, 6) is -0.144. The summed E-state index contributed by atoms with van der Waals surface area (Å²) < 4.78 is 6.58. The second kappa shape index (κ2) is 13.0. The van der Waals surface area contributed by atoms with E-state index in [9.17, 15) is 9.59 Å². The van der Waals surface area contributed by atoms with Crippen LogP contribution in [0.4, 0.5) is 0 Å². The first kappa shape index (κ1) is 23.8. The number of rotatable bonds is 9. The highest BCUT2D eigenvalue weighted by Gasteiger charge is 2.15. The Morgan fingerprint density at radius 1 is 1.07 bits per heavy atom. The van der Waals surface area contributed by atoms with E-state index >= 15 is 0 Å². The Morgan fingerprint density at radius 3 is 2.57 bits per heavy atom. The molecule has 8 heteroatoms. The molecule has 0 saturated heterocycles. The molecule has 0 aromatic heterocycles. The van der Waals surface area contributed by atoms with Crippen LogP contribution in [0.25, 0.3) is 0 Å². The zero-order valence-electron chi connectivity index (χ0n) is 16.9. The highest BCUT2D eigenvalue weighted by molar-refractivity contribution is 9.10. The number of halogens is 1. The Bertz CT molecular complexity index is 862. The summed E-state index contributed by atoms with van der Waals surface area (Å²) in [6.07, 6.45) is 3.97. The van der Waals surface area contributed by atoms with E-state index in [2.05, 4.69) is 39.0 Å². The normalized spacial score (nSPS) is 10.2. The van der Waals surface area contributed by atoms with Crippen LogP contribution >= 0.6 is 28.1 Å². The van der Waals surface area contributed by atoms with Crippen LogP contribution in [0, 0.1) is 0 Å². The first-order valence-corrected chi connectivity index (χ1v) is 11.1. The molecule has 160 valence electrons. The molecular weight excluding hydrogens is 466 g/mol. The molecular formula is C22H26BrN3O3S. The molecule has 0 aliphatic rings. The van der Waals surface area contributed by atoms with Crippen molar-refractivity contribution in [2.75, 3.05) is 6.61 Å². The Hall–Kier alpha value is -2.45. The van der Waals surface area contributed by atoms with Crippen molar-refractivity contribution in [1.82, 2.24) is 16.2 Å². The number of unbranched alkanes of at least 4 members (excludes halogenated alkanes) is 2. The highest BCUT2D eigenvalue weighted by atomic mass is 79.9. The summed E-state index contributed by atoms with van der Waals surface area (Å²) in [7, 11) is 0. The second-order valence-corrected chi connectivity index (χ2v) is 7.96. The second-order valence-electron chi connectivity index (χ2n) is 6.64. The van der Waals surface area contributed by atoms with E-state index in [1.165, 1.54) is 0 Å². The van der Waals surface area contributed by atoms with E-state index in [1.807, 2.05) is 36.4 Å². The van der Waals surface area contributed by atoms with Crippen LogP contribution in [-0.4, -0.2) is 23.5 Å². The highest BCUT2D eigenvalue weighted by Crippen LogP contribution is 2.23. The average molecular weight is 492 g/mol.